The first-order chi connectivity index (χ1) is 12.5. The second-order valence-electron chi connectivity index (χ2n) is 7.59. The van der Waals surface area contributed by atoms with Crippen molar-refractivity contribution in [3.8, 4) is 0 Å². The predicted molar refractivity (Wildman–Crippen MR) is 99.2 cm³/mol. The molecule has 0 saturated carbocycles. The second-order valence-corrected chi connectivity index (χ2v) is 7.59. The van der Waals surface area contributed by atoms with E-state index in [9.17, 15) is 9.90 Å². The van der Waals surface area contributed by atoms with Gasteiger partial charge in [0.05, 0.1) is 12.5 Å². The lowest BCUT2D eigenvalue weighted by Crippen LogP contribution is -2.32. The van der Waals surface area contributed by atoms with Gasteiger partial charge in [-0.05, 0) is 60.9 Å². The largest absolute Gasteiger partial charge is 0.462 e. The van der Waals surface area contributed by atoms with E-state index in [-0.39, 0.29) is 18.5 Å². The molecule has 1 aliphatic heterocycles. The summed E-state index contributed by atoms with van der Waals surface area (Å²) in [6, 6.07) is 8.60. The van der Waals surface area contributed by atoms with Crippen molar-refractivity contribution in [2.75, 3.05) is 0 Å². The number of carbonyl (C=O) groups is 1. The zero-order valence-corrected chi connectivity index (χ0v) is 15.4. The Balaban J connectivity index is 1.56. The number of aliphatic hydroxyl groups excluding tert-OH is 1. The van der Waals surface area contributed by atoms with Crippen molar-refractivity contribution >= 4 is 5.97 Å². The molecule has 0 spiro atoms. The highest BCUT2D eigenvalue weighted by Crippen LogP contribution is 2.31. The third-order valence-corrected chi connectivity index (χ3v) is 5.79. The van der Waals surface area contributed by atoms with Gasteiger partial charge in [0.2, 0.25) is 0 Å². The van der Waals surface area contributed by atoms with E-state index in [2.05, 4.69) is 38.1 Å². The van der Waals surface area contributed by atoms with Crippen molar-refractivity contribution in [2.24, 2.45) is 0 Å². The van der Waals surface area contributed by atoms with Gasteiger partial charge in [-0.1, -0.05) is 24.3 Å². The van der Waals surface area contributed by atoms with Crippen LogP contribution in [0.2, 0.25) is 0 Å². The summed E-state index contributed by atoms with van der Waals surface area (Å²) < 4.78 is 5.40. The van der Waals surface area contributed by atoms with Gasteiger partial charge in [0.15, 0.2) is 0 Å². The minimum atomic E-state index is -0.568. The van der Waals surface area contributed by atoms with Gasteiger partial charge < -0.3 is 9.84 Å². The van der Waals surface area contributed by atoms with E-state index >= 15 is 0 Å². The van der Waals surface area contributed by atoms with Gasteiger partial charge in [-0.25, -0.2) is 0 Å². The molecule has 2 heterocycles. The van der Waals surface area contributed by atoms with Gasteiger partial charge in [0.1, 0.15) is 6.10 Å². The topological polar surface area (TPSA) is 59.4 Å². The van der Waals surface area contributed by atoms with Gasteiger partial charge in [-0.3, -0.25) is 9.78 Å². The molecule has 4 rings (SSSR count). The molecule has 1 aromatic carbocycles. The van der Waals surface area contributed by atoms with Crippen LogP contribution >= 0.6 is 0 Å². The van der Waals surface area contributed by atoms with Crippen LogP contribution in [-0.2, 0) is 28.8 Å². The molecule has 2 aromatic rings. The summed E-state index contributed by atoms with van der Waals surface area (Å²) in [5.41, 5.74) is 8.98. The third kappa shape index (κ3) is 3.26. The van der Waals surface area contributed by atoms with Crippen LogP contribution in [0.5, 0.6) is 0 Å². The van der Waals surface area contributed by atoms with Crippen LogP contribution in [0.15, 0.2) is 24.3 Å². The second kappa shape index (κ2) is 6.84. The van der Waals surface area contributed by atoms with Crippen molar-refractivity contribution in [1.82, 2.24) is 4.98 Å². The van der Waals surface area contributed by atoms with Gasteiger partial charge in [-0.2, -0.15) is 0 Å². The van der Waals surface area contributed by atoms with Gasteiger partial charge >= 0.3 is 5.97 Å². The first-order valence-electron chi connectivity index (χ1n) is 9.43. The van der Waals surface area contributed by atoms with Crippen LogP contribution in [0, 0.1) is 13.8 Å². The summed E-state index contributed by atoms with van der Waals surface area (Å²) >= 11 is 0. The van der Waals surface area contributed by atoms with Crippen molar-refractivity contribution in [1.29, 1.82) is 0 Å². The normalized spacial score (nSPS) is 21.7. The summed E-state index contributed by atoms with van der Waals surface area (Å²) in [4.78, 5) is 16.5. The molecule has 1 aliphatic carbocycles. The molecule has 136 valence electrons. The molecule has 0 radical (unpaired) electrons. The van der Waals surface area contributed by atoms with Crippen LogP contribution < -0.4 is 0 Å². The van der Waals surface area contributed by atoms with Crippen molar-refractivity contribution < 1.29 is 14.6 Å². The van der Waals surface area contributed by atoms with Crippen LogP contribution in [0.25, 0.3) is 0 Å². The number of nitrogens with zero attached hydrogens (tertiary/aromatic N) is 1. The zero-order valence-electron chi connectivity index (χ0n) is 15.4. The van der Waals surface area contributed by atoms with Gasteiger partial charge in [0, 0.05) is 24.2 Å². The number of ether oxygens (including phenoxy) is 1. The number of aromatic nitrogens is 1. The Morgan fingerprint density at radius 3 is 2.65 bits per heavy atom. The SMILES string of the molecule is Cc1nc2c(c(C)c1CC[C@@H]1C[C@@H](O)CC(=O)O1)Cc1ccccc1C2. The summed E-state index contributed by atoms with van der Waals surface area (Å²) in [7, 11) is 0. The summed E-state index contributed by atoms with van der Waals surface area (Å²) in [5, 5.41) is 9.79. The number of benzene rings is 1. The van der Waals surface area contributed by atoms with Crippen LogP contribution in [-0.4, -0.2) is 28.3 Å². The number of cyclic esters (lactones) is 1. The molecule has 1 N–H and O–H groups in total. The Kier molecular flexibility index (Phi) is 4.53. The van der Waals surface area contributed by atoms with E-state index in [1.165, 1.54) is 33.5 Å². The summed E-state index contributed by atoms with van der Waals surface area (Å²) in [5.74, 6) is -0.289. The van der Waals surface area contributed by atoms with Crippen molar-refractivity contribution in [3.05, 3.63) is 63.5 Å². The number of carbonyl (C=O) groups excluding carboxylic acids is 1. The first kappa shape index (κ1) is 17.2. The van der Waals surface area contributed by atoms with E-state index in [1.807, 2.05) is 0 Å². The Hall–Kier alpha value is -2.20. The lowest BCUT2D eigenvalue weighted by Gasteiger charge is -2.27. The number of pyridine rings is 1. The lowest BCUT2D eigenvalue weighted by atomic mass is 9.84. The fraction of sp³-hybridized carbons (Fsp3) is 0.455. The smallest absolute Gasteiger partial charge is 0.308 e. The van der Waals surface area contributed by atoms with E-state index in [0.29, 0.717) is 6.42 Å². The van der Waals surface area contributed by atoms with E-state index < -0.39 is 6.10 Å². The number of aliphatic hydroxyl groups is 1. The van der Waals surface area contributed by atoms with Crippen molar-refractivity contribution in [3.63, 3.8) is 0 Å². The van der Waals surface area contributed by atoms with Crippen LogP contribution in [0.1, 0.15) is 58.5 Å². The predicted octanol–water partition coefficient (Wildman–Crippen LogP) is 3.19. The lowest BCUT2D eigenvalue weighted by molar-refractivity contribution is -0.160. The molecule has 0 bridgehead atoms. The van der Waals surface area contributed by atoms with Crippen LogP contribution in [0.3, 0.4) is 0 Å². The van der Waals surface area contributed by atoms with Gasteiger partial charge in [0.25, 0.3) is 0 Å². The minimum absolute atomic E-state index is 0.119. The summed E-state index contributed by atoms with van der Waals surface area (Å²) in [6.45, 7) is 4.27. The molecule has 26 heavy (non-hydrogen) atoms. The average Bonchev–Trinajstić information content (AvgIpc) is 2.59. The van der Waals surface area contributed by atoms with Gasteiger partial charge in [-0.15, -0.1) is 0 Å². The monoisotopic (exact) mass is 351 g/mol. The maximum Gasteiger partial charge on any atom is 0.308 e. The molecule has 1 saturated heterocycles. The molecule has 1 aromatic heterocycles. The maximum atomic E-state index is 11.5. The molecule has 2 aliphatic rings. The molecular weight excluding hydrogens is 326 g/mol. The number of hydrogen-bond acceptors (Lipinski definition) is 4. The Bertz CT molecular complexity index is 859. The third-order valence-electron chi connectivity index (χ3n) is 5.79. The minimum Gasteiger partial charge on any atom is -0.462 e. The molecule has 2 atom stereocenters. The van der Waals surface area contributed by atoms with Crippen LogP contribution in [0.4, 0.5) is 0 Å². The number of fused-ring (bicyclic) bond motifs is 2. The van der Waals surface area contributed by atoms with E-state index in [1.54, 1.807) is 0 Å². The zero-order chi connectivity index (χ0) is 18.3. The average molecular weight is 351 g/mol. The number of esters is 1. The van der Waals surface area contributed by atoms with Crippen molar-refractivity contribution in [2.45, 2.75) is 64.6 Å². The number of rotatable bonds is 3. The maximum absolute atomic E-state index is 11.5. The van der Waals surface area contributed by atoms with E-state index in [4.69, 9.17) is 9.72 Å². The Labute approximate surface area is 154 Å². The highest BCUT2D eigenvalue weighted by atomic mass is 16.5. The molecule has 4 nitrogen and oxygen atoms in total. The Morgan fingerprint density at radius 1 is 1.19 bits per heavy atom. The molecule has 0 amide bonds. The molecule has 4 heteroatoms. The fourth-order valence-corrected chi connectivity index (χ4v) is 4.37. The van der Waals surface area contributed by atoms with E-state index in [0.717, 1.165) is 31.4 Å². The first-order valence-corrected chi connectivity index (χ1v) is 9.43. The number of hydrogen-bond donors (Lipinski definition) is 1. The quantitative estimate of drug-likeness (QED) is 0.736. The molecule has 0 unspecified atom stereocenters. The number of aryl methyl sites for hydroxylation is 1. The molecular formula is C22H25NO3. The highest BCUT2D eigenvalue weighted by Gasteiger charge is 2.28. The Morgan fingerprint density at radius 2 is 1.92 bits per heavy atom. The standard InChI is InChI=1S/C22H25NO3/c1-13-19(8-7-18-11-17(24)12-22(25)26-18)14(2)23-21-10-16-6-4-3-5-15(16)9-20(13)21/h3-6,17-18,24H,7-12H2,1-2H3/t17-,18-/m1/s1. The summed E-state index contributed by atoms with van der Waals surface area (Å²) in [6.07, 6.45) is 3.30. The molecule has 1 fully saturated rings. The highest BCUT2D eigenvalue weighted by molar-refractivity contribution is 5.71. The fourth-order valence-electron chi connectivity index (χ4n) is 4.37.